The molecular weight excluding hydrogens is 250 g/mol. The zero-order valence-corrected chi connectivity index (χ0v) is 11.0. The molecule has 0 spiro atoms. The van der Waals surface area contributed by atoms with Crippen LogP contribution in [0.2, 0.25) is 0 Å². The van der Waals surface area contributed by atoms with Gasteiger partial charge in [0, 0.05) is 24.1 Å². The lowest BCUT2D eigenvalue weighted by molar-refractivity contribution is -0.146. The van der Waals surface area contributed by atoms with Gasteiger partial charge in [0.1, 0.15) is 6.04 Å². The van der Waals surface area contributed by atoms with Crippen molar-refractivity contribution in [3.63, 3.8) is 0 Å². The maximum absolute atomic E-state index is 11.6. The van der Waals surface area contributed by atoms with E-state index in [-0.39, 0.29) is 6.04 Å². The van der Waals surface area contributed by atoms with E-state index in [9.17, 15) is 9.90 Å². The number of thiophene rings is 1. The molecule has 18 heavy (non-hydrogen) atoms. The minimum atomic E-state index is -0.736. The third kappa shape index (κ3) is 2.06. The molecule has 0 bridgehead atoms. The monoisotopic (exact) mass is 267 g/mol. The highest BCUT2D eigenvalue weighted by Crippen LogP contribution is 2.35. The molecule has 0 aromatic carbocycles. The highest BCUT2D eigenvalue weighted by Gasteiger charge is 2.38. The summed E-state index contributed by atoms with van der Waals surface area (Å²) in [7, 11) is 0. The van der Waals surface area contributed by atoms with Gasteiger partial charge in [-0.05, 0) is 36.3 Å². The summed E-state index contributed by atoms with van der Waals surface area (Å²) in [6.07, 6.45) is 3.04. The van der Waals surface area contributed by atoms with E-state index in [1.54, 1.807) is 11.3 Å². The van der Waals surface area contributed by atoms with E-state index in [2.05, 4.69) is 4.90 Å². The summed E-state index contributed by atoms with van der Waals surface area (Å²) >= 11 is 1.67. The number of carboxylic acid groups (broad SMARTS) is 1. The van der Waals surface area contributed by atoms with Crippen molar-refractivity contribution in [3.8, 4) is 0 Å². The third-order valence-electron chi connectivity index (χ3n) is 3.84. The first-order valence-electron chi connectivity index (χ1n) is 6.40. The van der Waals surface area contributed by atoms with Crippen molar-refractivity contribution in [1.29, 1.82) is 0 Å². The van der Waals surface area contributed by atoms with Crippen LogP contribution in [0.25, 0.3) is 0 Å². The first kappa shape index (κ1) is 12.1. The van der Waals surface area contributed by atoms with Gasteiger partial charge in [0.15, 0.2) is 0 Å². The lowest BCUT2D eigenvalue weighted by atomic mass is 9.96. The summed E-state index contributed by atoms with van der Waals surface area (Å²) in [4.78, 5) is 14.9. The van der Waals surface area contributed by atoms with Crippen molar-refractivity contribution >= 4 is 17.3 Å². The van der Waals surface area contributed by atoms with Gasteiger partial charge >= 0.3 is 5.97 Å². The average Bonchev–Trinajstić information content (AvgIpc) is 2.86. The molecule has 1 saturated heterocycles. The molecule has 3 heterocycles. The van der Waals surface area contributed by atoms with Crippen LogP contribution in [-0.4, -0.2) is 41.8 Å². The van der Waals surface area contributed by atoms with E-state index in [0.717, 1.165) is 38.0 Å². The average molecular weight is 267 g/mol. The maximum atomic E-state index is 11.6. The number of rotatable bonds is 2. The molecule has 1 aromatic rings. The van der Waals surface area contributed by atoms with Gasteiger partial charge < -0.3 is 9.84 Å². The van der Waals surface area contributed by atoms with Crippen molar-refractivity contribution < 1.29 is 14.6 Å². The Kier molecular flexibility index (Phi) is 3.37. The van der Waals surface area contributed by atoms with Crippen molar-refractivity contribution in [2.75, 3.05) is 19.8 Å². The van der Waals surface area contributed by atoms with E-state index in [1.807, 2.05) is 11.4 Å². The van der Waals surface area contributed by atoms with Crippen LogP contribution in [0.4, 0.5) is 0 Å². The van der Waals surface area contributed by atoms with Crippen LogP contribution in [0.5, 0.6) is 0 Å². The van der Waals surface area contributed by atoms with Crippen LogP contribution >= 0.6 is 11.3 Å². The fourth-order valence-corrected chi connectivity index (χ4v) is 3.89. The molecule has 0 aliphatic carbocycles. The smallest absolute Gasteiger partial charge is 0.325 e. The Hall–Kier alpha value is -0.910. The topological polar surface area (TPSA) is 49.8 Å². The number of hydrogen-bond donors (Lipinski definition) is 1. The zero-order chi connectivity index (χ0) is 12.5. The number of ether oxygens (including phenoxy) is 1. The first-order valence-corrected chi connectivity index (χ1v) is 7.28. The molecule has 1 aromatic heterocycles. The van der Waals surface area contributed by atoms with Crippen molar-refractivity contribution in [3.05, 3.63) is 21.9 Å². The molecular formula is C13H17NO3S. The van der Waals surface area contributed by atoms with Crippen LogP contribution in [0.3, 0.4) is 0 Å². The van der Waals surface area contributed by atoms with Gasteiger partial charge in [0.25, 0.3) is 0 Å². The second kappa shape index (κ2) is 4.99. The number of fused-ring (bicyclic) bond motifs is 1. The summed E-state index contributed by atoms with van der Waals surface area (Å²) in [6, 6.07) is 1.74. The quantitative estimate of drug-likeness (QED) is 0.889. The highest BCUT2D eigenvalue weighted by atomic mass is 32.1. The minimum Gasteiger partial charge on any atom is -0.480 e. The van der Waals surface area contributed by atoms with Crippen LogP contribution in [0.15, 0.2) is 11.4 Å². The molecule has 2 unspecified atom stereocenters. The Morgan fingerprint density at radius 2 is 2.44 bits per heavy atom. The molecule has 98 valence electrons. The Morgan fingerprint density at radius 1 is 1.56 bits per heavy atom. The Balaban J connectivity index is 1.88. The molecule has 2 atom stereocenters. The summed E-state index contributed by atoms with van der Waals surface area (Å²) in [5.74, 6) is -0.736. The van der Waals surface area contributed by atoms with Gasteiger partial charge in [0.2, 0.25) is 0 Å². The number of carbonyl (C=O) groups is 1. The van der Waals surface area contributed by atoms with Gasteiger partial charge in [-0.1, -0.05) is 0 Å². The molecule has 4 nitrogen and oxygen atoms in total. The third-order valence-corrected chi connectivity index (χ3v) is 4.84. The van der Waals surface area contributed by atoms with Crippen molar-refractivity contribution in [1.82, 2.24) is 4.90 Å². The lowest BCUT2D eigenvalue weighted by Gasteiger charge is -2.40. The number of hydrogen-bond acceptors (Lipinski definition) is 4. The van der Waals surface area contributed by atoms with Crippen LogP contribution < -0.4 is 0 Å². The highest BCUT2D eigenvalue weighted by molar-refractivity contribution is 7.10. The van der Waals surface area contributed by atoms with Crippen molar-refractivity contribution in [2.45, 2.75) is 31.3 Å². The molecule has 2 aliphatic rings. The van der Waals surface area contributed by atoms with Crippen LogP contribution in [0.1, 0.15) is 29.3 Å². The Morgan fingerprint density at radius 3 is 3.17 bits per heavy atom. The largest absolute Gasteiger partial charge is 0.480 e. The molecule has 5 heteroatoms. The number of carboxylic acids is 1. The maximum Gasteiger partial charge on any atom is 0.325 e. The molecule has 0 radical (unpaired) electrons. The van der Waals surface area contributed by atoms with Gasteiger partial charge in [-0.25, -0.2) is 0 Å². The van der Waals surface area contributed by atoms with E-state index in [4.69, 9.17) is 4.74 Å². The first-order chi connectivity index (χ1) is 8.77. The van der Waals surface area contributed by atoms with Gasteiger partial charge in [-0.2, -0.15) is 0 Å². The minimum absolute atomic E-state index is 0.257. The van der Waals surface area contributed by atoms with Gasteiger partial charge in [-0.15, -0.1) is 11.3 Å². The molecule has 0 amide bonds. The predicted octanol–water partition coefficient (Wildman–Crippen LogP) is 1.91. The van der Waals surface area contributed by atoms with Crippen LogP contribution in [-0.2, 0) is 16.0 Å². The number of aliphatic carboxylic acids is 1. The van der Waals surface area contributed by atoms with Crippen LogP contribution in [0, 0.1) is 0 Å². The predicted molar refractivity (Wildman–Crippen MR) is 68.9 cm³/mol. The van der Waals surface area contributed by atoms with Gasteiger partial charge in [-0.3, -0.25) is 9.69 Å². The molecule has 2 aliphatic heterocycles. The molecule has 1 fully saturated rings. The second-order valence-corrected chi connectivity index (χ2v) is 5.90. The summed E-state index contributed by atoms with van der Waals surface area (Å²) in [6.45, 7) is 2.31. The summed E-state index contributed by atoms with van der Waals surface area (Å²) in [5, 5.41) is 11.5. The second-order valence-electron chi connectivity index (χ2n) is 4.90. The molecule has 0 saturated carbocycles. The molecule has 3 rings (SSSR count). The zero-order valence-electron chi connectivity index (χ0n) is 10.2. The summed E-state index contributed by atoms with van der Waals surface area (Å²) in [5.41, 5.74) is 0.990. The summed E-state index contributed by atoms with van der Waals surface area (Å²) < 4.78 is 5.50. The number of nitrogens with zero attached hydrogens (tertiary/aromatic N) is 1. The Labute approximate surface area is 110 Å². The van der Waals surface area contributed by atoms with E-state index < -0.39 is 12.0 Å². The SMILES string of the molecule is O=C(O)C1c2ccsc2CCN1C1CCCOC1. The lowest BCUT2D eigenvalue weighted by Crippen LogP contribution is -2.48. The molecule has 1 N–H and O–H groups in total. The van der Waals surface area contributed by atoms with E-state index in [0.29, 0.717) is 6.61 Å². The normalized spacial score (nSPS) is 28.9. The standard InChI is InChI=1S/C13H17NO3S/c15-13(16)12-10-4-7-18-11(10)3-5-14(12)9-2-1-6-17-8-9/h4,7,9,12H,1-3,5-6,8H2,(H,15,16). The Bertz CT molecular complexity index is 439. The fraction of sp³-hybridized carbons (Fsp3) is 0.615. The van der Waals surface area contributed by atoms with Gasteiger partial charge in [0.05, 0.1) is 6.61 Å². The van der Waals surface area contributed by atoms with E-state index >= 15 is 0 Å². The van der Waals surface area contributed by atoms with Crippen molar-refractivity contribution in [2.24, 2.45) is 0 Å². The van der Waals surface area contributed by atoms with E-state index in [1.165, 1.54) is 4.88 Å². The fourth-order valence-electron chi connectivity index (χ4n) is 2.99.